The van der Waals surface area contributed by atoms with Crippen molar-refractivity contribution < 1.29 is 9.84 Å². The van der Waals surface area contributed by atoms with Gasteiger partial charge in [-0.3, -0.25) is 4.90 Å². The second-order valence-corrected chi connectivity index (χ2v) is 3.82. The van der Waals surface area contributed by atoms with E-state index < -0.39 is 0 Å². The molecule has 0 aliphatic carbocycles. The van der Waals surface area contributed by atoms with Crippen molar-refractivity contribution in [3.8, 4) is 0 Å². The Hall–Kier alpha value is -0.120. The lowest BCUT2D eigenvalue weighted by molar-refractivity contribution is 0.128. The molecule has 1 heterocycles. The van der Waals surface area contributed by atoms with Crippen LogP contribution in [0.2, 0.25) is 0 Å². The number of methoxy groups -OCH3 is 1. The van der Waals surface area contributed by atoms with Crippen molar-refractivity contribution in [3.05, 3.63) is 0 Å². The number of β-amino-alcohol motifs (C(OH)–C–C–N with tert-alkyl or cyclic N) is 1. The van der Waals surface area contributed by atoms with Crippen molar-refractivity contribution in [1.82, 2.24) is 4.90 Å². The van der Waals surface area contributed by atoms with Crippen LogP contribution in [-0.2, 0) is 4.74 Å². The van der Waals surface area contributed by atoms with Gasteiger partial charge in [-0.2, -0.15) is 0 Å². The third-order valence-electron chi connectivity index (χ3n) is 2.71. The van der Waals surface area contributed by atoms with Gasteiger partial charge in [0, 0.05) is 26.2 Å². The third-order valence-corrected chi connectivity index (χ3v) is 2.71. The topological polar surface area (TPSA) is 32.7 Å². The van der Waals surface area contributed by atoms with Crippen LogP contribution < -0.4 is 0 Å². The fourth-order valence-corrected chi connectivity index (χ4v) is 2.07. The largest absolute Gasteiger partial charge is 0.392 e. The van der Waals surface area contributed by atoms with Crippen LogP contribution in [0.15, 0.2) is 0 Å². The monoisotopic (exact) mass is 187 g/mol. The zero-order chi connectivity index (χ0) is 9.68. The van der Waals surface area contributed by atoms with Crippen molar-refractivity contribution in [2.75, 3.05) is 26.8 Å². The lowest BCUT2D eigenvalue weighted by Gasteiger charge is -2.22. The fraction of sp³-hybridized carbons (Fsp3) is 1.00. The molecule has 13 heavy (non-hydrogen) atoms. The smallest absolute Gasteiger partial charge is 0.0682 e. The van der Waals surface area contributed by atoms with Gasteiger partial charge in [0.25, 0.3) is 0 Å². The SMILES string of the molecule is CCCC1CC(O)CN1CCOC. The molecule has 1 saturated heterocycles. The van der Waals surface area contributed by atoms with Crippen molar-refractivity contribution in [1.29, 1.82) is 0 Å². The molecule has 1 rings (SSSR count). The molecule has 1 aliphatic heterocycles. The molecule has 3 nitrogen and oxygen atoms in total. The first-order valence-corrected chi connectivity index (χ1v) is 5.19. The molecule has 0 saturated carbocycles. The summed E-state index contributed by atoms with van der Waals surface area (Å²) >= 11 is 0. The van der Waals surface area contributed by atoms with Crippen molar-refractivity contribution in [2.24, 2.45) is 0 Å². The second kappa shape index (κ2) is 5.58. The van der Waals surface area contributed by atoms with E-state index in [2.05, 4.69) is 11.8 Å². The van der Waals surface area contributed by atoms with Crippen LogP contribution in [0.25, 0.3) is 0 Å². The van der Waals surface area contributed by atoms with E-state index in [-0.39, 0.29) is 6.10 Å². The molecule has 1 N–H and O–H groups in total. The summed E-state index contributed by atoms with van der Waals surface area (Å²) in [6, 6.07) is 0.579. The number of hydrogen-bond donors (Lipinski definition) is 1. The van der Waals surface area contributed by atoms with Gasteiger partial charge in [-0.1, -0.05) is 13.3 Å². The molecule has 2 unspecified atom stereocenters. The summed E-state index contributed by atoms with van der Waals surface area (Å²) in [5.74, 6) is 0. The molecular formula is C10H21NO2. The molecule has 0 amide bonds. The number of ether oxygens (including phenoxy) is 1. The Balaban J connectivity index is 2.31. The molecule has 1 fully saturated rings. The number of hydrogen-bond acceptors (Lipinski definition) is 3. The Labute approximate surface area is 80.7 Å². The Morgan fingerprint density at radius 2 is 2.31 bits per heavy atom. The van der Waals surface area contributed by atoms with Crippen molar-refractivity contribution in [3.63, 3.8) is 0 Å². The Bertz CT molecular complexity index is 141. The second-order valence-electron chi connectivity index (χ2n) is 3.82. The Morgan fingerprint density at radius 1 is 1.54 bits per heavy atom. The zero-order valence-corrected chi connectivity index (χ0v) is 8.70. The molecule has 0 aromatic rings. The van der Waals surface area contributed by atoms with Crippen LogP contribution in [-0.4, -0.2) is 49.0 Å². The first kappa shape index (κ1) is 11.0. The van der Waals surface area contributed by atoms with E-state index in [1.165, 1.54) is 12.8 Å². The van der Waals surface area contributed by atoms with E-state index in [1.807, 2.05) is 0 Å². The summed E-state index contributed by atoms with van der Waals surface area (Å²) in [7, 11) is 1.72. The van der Waals surface area contributed by atoms with Crippen LogP contribution in [0.4, 0.5) is 0 Å². The maximum atomic E-state index is 9.51. The molecule has 3 heteroatoms. The number of rotatable bonds is 5. The normalized spacial score (nSPS) is 29.8. The van der Waals surface area contributed by atoms with Crippen molar-refractivity contribution >= 4 is 0 Å². The predicted molar refractivity (Wildman–Crippen MR) is 52.8 cm³/mol. The number of aliphatic hydroxyl groups is 1. The maximum absolute atomic E-state index is 9.51. The molecule has 0 bridgehead atoms. The van der Waals surface area contributed by atoms with Crippen LogP contribution in [0.3, 0.4) is 0 Å². The minimum atomic E-state index is -0.117. The van der Waals surface area contributed by atoms with Gasteiger partial charge in [-0.25, -0.2) is 0 Å². The van der Waals surface area contributed by atoms with Crippen LogP contribution in [0.5, 0.6) is 0 Å². The molecule has 0 aromatic heterocycles. The predicted octanol–water partition coefficient (Wildman–Crippen LogP) is 0.868. The molecule has 0 spiro atoms. The average Bonchev–Trinajstić information content (AvgIpc) is 2.44. The zero-order valence-electron chi connectivity index (χ0n) is 8.70. The lowest BCUT2D eigenvalue weighted by atomic mass is 10.1. The quantitative estimate of drug-likeness (QED) is 0.693. The highest BCUT2D eigenvalue weighted by Crippen LogP contribution is 2.21. The minimum Gasteiger partial charge on any atom is -0.392 e. The van der Waals surface area contributed by atoms with Gasteiger partial charge in [0.1, 0.15) is 0 Å². The van der Waals surface area contributed by atoms with E-state index >= 15 is 0 Å². The van der Waals surface area contributed by atoms with Crippen LogP contribution in [0, 0.1) is 0 Å². The van der Waals surface area contributed by atoms with Gasteiger partial charge in [0.2, 0.25) is 0 Å². The van der Waals surface area contributed by atoms with Gasteiger partial charge in [-0.15, -0.1) is 0 Å². The maximum Gasteiger partial charge on any atom is 0.0682 e. The molecule has 1 aliphatic rings. The number of nitrogens with zero attached hydrogens (tertiary/aromatic N) is 1. The van der Waals surface area contributed by atoms with Gasteiger partial charge in [0.05, 0.1) is 12.7 Å². The lowest BCUT2D eigenvalue weighted by Crippen LogP contribution is -2.32. The van der Waals surface area contributed by atoms with E-state index in [0.717, 1.165) is 26.1 Å². The molecule has 78 valence electrons. The summed E-state index contributed by atoms with van der Waals surface area (Å²) in [6.07, 6.45) is 3.22. The van der Waals surface area contributed by atoms with E-state index in [0.29, 0.717) is 6.04 Å². The Kier molecular flexibility index (Phi) is 4.70. The standard InChI is InChI=1S/C10H21NO2/c1-3-4-9-7-10(12)8-11(9)5-6-13-2/h9-10,12H,3-8H2,1-2H3. The molecule has 0 radical (unpaired) electrons. The van der Waals surface area contributed by atoms with E-state index in [1.54, 1.807) is 7.11 Å². The average molecular weight is 187 g/mol. The first-order chi connectivity index (χ1) is 6.27. The number of likely N-dealkylation sites (tertiary alicyclic amines) is 1. The van der Waals surface area contributed by atoms with Gasteiger partial charge in [-0.05, 0) is 12.8 Å². The van der Waals surface area contributed by atoms with Gasteiger partial charge in [0.15, 0.2) is 0 Å². The Morgan fingerprint density at radius 3 is 2.92 bits per heavy atom. The highest BCUT2D eigenvalue weighted by Gasteiger charge is 2.29. The van der Waals surface area contributed by atoms with Crippen LogP contribution in [0.1, 0.15) is 26.2 Å². The van der Waals surface area contributed by atoms with E-state index in [9.17, 15) is 5.11 Å². The van der Waals surface area contributed by atoms with Gasteiger partial charge >= 0.3 is 0 Å². The summed E-state index contributed by atoms with van der Waals surface area (Å²) in [6.45, 7) is 4.75. The van der Waals surface area contributed by atoms with E-state index in [4.69, 9.17) is 4.74 Å². The summed E-state index contributed by atoms with van der Waals surface area (Å²) in [5.41, 5.74) is 0. The fourth-order valence-electron chi connectivity index (χ4n) is 2.07. The molecular weight excluding hydrogens is 166 g/mol. The highest BCUT2D eigenvalue weighted by atomic mass is 16.5. The highest BCUT2D eigenvalue weighted by molar-refractivity contribution is 4.84. The summed E-state index contributed by atoms with van der Waals surface area (Å²) in [4.78, 5) is 2.34. The number of aliphatic hydroxyl groups excluding tert-OH is 1. The van der Waals surface area contributed by atoms with Gasteiger partial charge < -0.3 is 9.84 Å². The molecule has 0 aromatic carbocycles. The first-order valence-electron chi connectivity index (χ1n) is 5.19. The third kappa shape index (κ3) is 3.25. The van der Waals surface area contributed by atoms with Crippen molar-refractivity contribution in [2.45, 2.75) is 38.3 Å². The molecule has 2 atom stereocenters. The minimum absolute atomic E-state index is 0.117. The van der Waals surface area contributed by atoms with Crippen LogP contribution >= 0.6 is 0 Å². The summed E-state index contributed by atoms with van der Waals surface area (Å²) in [5, 5.41) is 9.51. The summed E-state index contributed by atoms with van der Waals surface area (Å²) < 4.78 is 5.04.